The zero-order valence-electron chi connectivity index (χ0n) is 8.98. The molecule has 2 rings (SSSR count). The van der Waals surface area contributed by atoms with Gasteiger partial charge < -0.3 is 4.90 Å². The highest BCUT2D eigenvalue weighted by molar-refractivity contribution is 7.92. The fourth-order valence-corrected chi connectivity index (χ4v) is 3.09. The molecule has 86 valence electrons. The molecule has 15 heavy (non-hydrogen) atoms. The van der Waals surface area contributed by atoms with E-state index in [1.165, 1.54) is 0 Å². The normalized spacial score (nSPS) is 22.6. The molecular formula is C10H17NO3S. The second kappa shape index (κ2) is 3.77. The van der Waals surface area contributed by atoms with Crippen molar-refractivity contribution in [3.8, 4) is 0 Å². The van der Waals surface area contributed by atoms with Crippen LogP contribution in [0.3, 0.4) is 0 Å². The van der Waals surface area contributed by atoms with Crippen molar-refractivity contribution in [2.24, 2.45) is 5.92 Å². The Kier molecular flexibility index (Phi) is 2.75. The summed E-state index contributed by atoms with van der Waals surface area (Å²) >= 11 is 0. The summed E-state index contributed by atoms with van der Waals surface area (Å²) in [6, 6.07) is 0. The number of hydrogen-bond donors (Lipinski definition) is 0. The maximum Gasteiger partial charge on any atom is 0.222 e. The van der Waals surface area contributed by atoms with Crippen molar-refractivity contribution >= 4 is 15.7 Å². The van der Waals surface area contributed by atoms with E-state index in [1.54, 1.807) is 11.8 Å². The minimum atomic E-state index is -2.93. The zero-order valence-corrected chi connectivity index (χ0v) is 9.79. The molecule has 0 N–H and O–H groups in total. The molecule has 2 aliphatic rings. The fraction of sp³-hybridized carbons (Fsp3) is 0.900. The van der Waals surface area contributed by atoms with Crippen LogP contribution in [-0.2, 0) is 14.6 Å². The van der Waals surface area contributed by atoms with Gasteiger partial charge in [0.15, 0.2) is 9.84 Å². The van der Waals surface area contributed by atoms with Gasteiger partial charge in [-0.25, -0.2) is 8.42 Å². The Labute approximate surface area is 90.6 Å². The number of amides is 1. The van der Waals surface area contributed by atoms with Gasteiger partial charge in [0.05, 0.1) is 5.25 Å². The molecule has 0 aromatic heterocycles. The monoisotopic (exact) mass is 231 g/mol. The lowest BCUT2D eigenvalue weighted by atomic mass is 10.1. The molecular weight excluding hydrogens is 214 g/mol. The summed E-state index contributed by atoms with van der Waals surface area (Å²) in [6.45, 7) is 2.49. The lowest BCUT2D eigenvalue weighted by Crippen LogP contribution is -2.57. The van der Waals surface area contributed by atoms with Crippen molar-refractivity contribution in [3.05, 3.63) is 0 Å². The van der Waals surface area contributed by atoms with Crippen LogP contribution in [0.4, 0.5) is 0 Å². The van der Waals surface area contributed by atoms with Crippen LogP contribution in [0.5, 0.6) is 0 Å². The molecule has 0 spiro atoms. The minimum absolute atomic E-state index is 0.139. The first-order valence-electron chi connectivity index (χ1n) is 5.52. The summed E-state index contributed by atoms with van der Waals surface area (Å²) in [5, 5.41) is -0.300. The van der Waals surface area contributed by atoms with Crippen molar-refractivity contribution in [3.63, 3.8) is 0 Å². The van der Waals surface area contributed by atoms with Crippen LogP contribution in [0.2, 0.25) is 0 Å². The summed E-state index contributed by atoms with van der Waals surface area (Å²) in [5.74, 6) is 0.905. The summed E-state index contributed by atoms with van der Waals surface area (Å²) < 4.78 is 22.9. The minimum Gasteiger partial charge on any atom is -0.340 e. The summed E-state index contributed by atoms with van der Waals surface area (Å²) in [6.07, 6.45) is 2.95. The van der Waals surface area contributed by atoms with Crippen molar-refractivity contribution in [1.82, 2.24) is 4.90 Å². The molecule has 2 fully saturated rings. The van der Waals surface area contributed by atoms with Crippen LogP contribution in [0, 0.1) is 5.92 Å². The van der Waals surface area contributed by atoms with E-state index in [0.717, 1.165) is 12.8 Å². The summed E-state index contributed by atoms with van der Waals surface area (Å²) in [4.78, 5) is 13.2. The highest BCUT2D eigenvalue weighted by Gasteiger charge is 2.39. The van der Waals surface area contributed by atoms with E-state index in [2.05, 4.69) is 0 Å². The molecule has 0 radical (unpaired) electrons. The van der Waals surface area contributed by atoms with Crippen LogP contribution in [-0.4, -0.2) is 43.3 Å². The van der Waals surface area contributed by atoms with Crippen LogP contribution in [0.15, 0.2) is 0 Å². The Morgan fingerprint density at radius 3 is 2.40 bits per heavy atom. The summed E-state index contributed by atoms with van der Waals surface area (Å²) in [7, 11) is -2.93. The number of nitrogens with zero attached hydrogens (tertiary/aromatic N) is 1. The Balaban J connectivity index is 1.79. The molecule has 1 aliphatic heterocycles. The molecule has 0 unspecified atom stereocenters. The Bertz CT molecular complexity index is 353. The number of rotatable bonds is 4. The standard InChI is InChI=1S/C10H17NO3S/c1-2-15(13,14)9-6-11(7-9)10(12)5-8-3-4-8/h8-9H,2-7H2,1H3. The molecule has 5 heteroatoms. The second-order valence-electron chi connectivity index (χ2n) is 4.52. The van der Waals surface area contributed by atoms with Crippen molar-refractivity contribution in [1.29, 1.82) is 0 Å². The van der Waals surface area contributed by atoms with Gasteiger partial charge in [0.2, 0.25) is 5.91 Å². The van der Waals surface area contributed by atoms with Gasteiger partial charge in [0.1, 0.15) is 0 Å². The molecule has 0 aromatic carbocycles. The van der Waals surface area contributed by atoms with E-state index in [4.69, 9.17) is 0 Å². The fourth-order valence-electron chi connectivity index (χ4n) is 1.80. The van der Waals surface area contributed by atoms with E-state index in [1.807, 2.05) is 0 Å². The third kappa shape index (κ3) is 2.33. The summed E-state index contributed by atoms with van der Waals surface area (Å²) in [5.41, 5.74) is 0. The molecule has 0 atom stereocenters. The topological polar surface area (TPSA) is 54.5 Å². The quantitative estimate of drug-likeness (QED) is 0.705. The largest absolute Gasteiger partial charge is 0.340 e. The number of likely N-dealkylation sites (tertiary alicyclic amines) is 1. The van der Waals surface area contributed by atoms with Crippen LogP contribution < -0.4 is 0 Å². The smallest absolute Gasteiger partial charge is 0.222 e. The Morgan fingerprint density at radius 1 is 1.33 bits per heavy atom. The second-order valence-corrected chi connectivity index (χ2v) is 7.09. The molecule has 1 amide bonds. The van der Waals surface area contributed by atoms with Gasteiger partial charge in [0, 0.05) is 25.3 Å². The maximum absolute atomic E-state index is 11.6. The number of carbonyl (C=O) groups excluding carboxylic acids is 1. The average Bonchev–Trinajstić information content (AvgIpc) is 2.85. The molecule has 0 bridgehead atoms. The molecule has 1 saturated carbocycles. The zero-order chi connectivity index (χ0) is 11.1. The maximum atomic E-state index is 11.6. The molecule has 1 saturated heterocycles. The van der Waals surface area contributed by atoms with Gasteiger partial charge in [0.25, 0.3) is 0 Å². The van der Waals surface area contributed by atoms with Crippen molar-refractivity contribution in [2.75, 3.05) is 18.8 Å². The Hall–Kier alpha value is -0.580. The van der Waals surface area contributed by atoms with Gasteiger partial charge in [-0.3, -0.25) is 4.79 Å². The first-order chi connectivity index (χ1) is 7.03. The van der Waals surface area contributed by atoms with Gasteiger partial charge >= 0.3 is 0 Å². The third-order valence-corrected chi connectivity index (χ3v) is 5.39. The van der Waals surface area contributed by atoms with E-state index >= 15 is 0 Å². The first-order valence-corrected chi connectivity index (χ1v) is 7.24. The highest BCUT2D eigenvalue weighted by atomic mass is 32.2. The van der Waals surface area contributed by atoms with Crippen molar-refractivity contribution < 1.29 is 13.2 Å². The van der Waals surface area contributed by atoms with E-state index in [0.29, 0.717) is 25.4 Å². The number of carbonyl (C=O) groups is 1. The van der Waals surface area contributed by atoms with Gasteiger partial charge in [-0.15, -0.1) is 0 Å². The number of sulfone groups is 1. The SMILES string of the molecule is CCS(=O)(=O)C1CN(C(=O)CC2CC2)C1. The number of hydrogen-bond acceptors (Lipinski definition) is 3. The van der Waals surface area contributed by atoms with Gasteiger partial charge in [-0.05, 0) is 18.8 Å². The predicted octanol–water partition coefficient (Wildman–Crippen LogP) is 0.432. The lowest BCUT2D eigenvalue weighted by molar-refractivity contribution is -0.134. The van der Waals surface area contributed by atoms with E-state index < -0.39 is 9.84 Å². The molecule has 1 aliphatic carbocycles. The van der Waals surface area contributed by atoms with Crippen LogP contribution in [0.1, 0.15) is 26.2 Å². The molecule has 1 heterocycles. The van der Waals surface area contributed by atoms with Gasteiger partial charge in [-0.1, -0.05) is 6.92 Å². The average molecular weight is 231 g/mol. The third-order valence-electron chi connectivity index (χ3n) is 3.27. The first kappa shape index (κ1) is 10.9. The highest BCUT2D eigenvalue weighted by Crippen LogP contribution is 2.33. The van der Waals surface area contributed by atoms with Crippen molar-refractivity contribution in [2.45, 2.75) is 31.4 Å². The lowest BCUT2D eigenvalue weighted by Gasteiger charge is -2.38. The molecule has 4 nitrogen and oxygen atoms in total. The van der Waals surface area contributed by atoms with Gasteiger partial charge in [-0.2, -0.15) is 0 Å². The van der Waals surface area contributed by atoms with E-state index in [9.17, 15) is 13.2 Å². The molecule has 0 aromatic rings. The Morgan fingerprint density at radius 2 is 1.93 bits per heavy atom. The van der Waals surface area contributed by atoms with Crippen LogP contribution in [0.25, 0.3) is 0 Å². The predicted molar refractivity (Wildman–Crippen MR) is 57.2 cm³/mol. The van der Waals surface area contributed by atoms with E-state index in [-0.39, 0.29) is 16.9 Å². The van der Waals surface area contributed by atoms with Crippen LogP contribution >= 0.6 is 0 Å².